The lowest BCUT2D eigenvalue weighted by molar-refractivity contribution is 0.382. The minimum absolute atomic E-state index is 0.634. The minimum atomic E-state index is -2.99. The van der Waals surface area contributed by atoms with Gasteiger partial charge in [-0.2, -0.15) is 13.5 Å². The zero-order chi connectivity index (χ0) is 15.3. The average Bonchev–Trinajstić information content (AvgIpc) is 2.33. The molecule has 0 fully saturated rings. The fourth-order valence-corrected chi connectivity index (χ4v) is 17.2. The van der Waals surface area contributed by atoms with Crippen molar-refractivity contribution in [1.82, 2.24) is 4.67 Å². The van der Waals surface area contributed by atoms with Gasteiger partial charge in [-0.15, -0.1) is 0 Å². The summed E-state index contributed by atoms with van der Waals surface area (Å²) in [7, 11) is -2.81. The molecule has 0 bridgehead atoms. The zero-order valence-electron chi connectivity index (χ0n) is 10.8. The van der Waals surface area contributed by atoms with Gasteiger partial charge in [-0.3, -0.25) is 0 Å². The number of rotatable bonds is 1. The van der Waals surface area contributed by atoms with Crippen molar-refractivity contribution in [3.8, 4) is 5.75 Å². The Morgan fingerprint density at radius 1 is 1.10 bits per heavy atom. The van der Waals surface area contributed by atoms with Crippen LogP contribution in [0.2, 0.25) is 0 Å². The first kappa shape index (κ1) is 16.7. The topological polar surface area (TPSA) is 49.5 Å². The van der Waals surface area contributed by atoms with Crippen molar-refractivity contribution in [2.24, 2.45) is 13.5 Å². The van der Waals surface area contributed by atoms with Gasteiger partial charge in [-0.25, -0.2) is 4.67 Å². The van der Waals surface area contributed by atoms with Crippen LogP contribution in [0.3, 0.4) is 0 Å². The summed E-state index contributed by atoms with van der Waals surface area (Å²) >= 11 is 24.8. The predicted octanol–water partition coefficient (Wildman–Crippen LogP) is 7.71. The Hall–Kier alpha value is 0.830. The first-order valence-corrected chi connectivity index (χ1v) is 14.6. The van der Waals surface area contributed by atoms with Crippen LogP contribution in [-0.2, 0) is 6.54 Å². The van der Waals surface area contributed by atoms with Gasteiger partial charge in [0.15, 0.2) is 0 Å². The summed E-state index contributed by atoms with van der Waals surface area (Å²) in [5.74, 6) is -5.26. The lowest BCUT2D eigenvalue weighted by Crippen LogP contribution is -2.26. The van der Waals surface area contributed by atoms with E-state index in [2.05, 4.69) is 13.5 Å². The standard InChI is InChI=1S/C9H11Cl4N4OP3/c1-2-17-7-8-5-3-4-6-9(8)18-21(17)15-19(10,11)14-20(12,13)16-21/h3-6H,2,7H2,1H3. The van der Waals surface area contributed by atoms with Crippen LogP contribution in [0.4, 0.5) is 0 Å². The second-order valence-electron chi connectivity index (χ2n) is 4.37. The number of hydrogen-bond acceptors (Lipinski definition) is 5. The Balaban J connectivity index is 2.24. The summed E-state index contributed by atoms with van der Waals surface area (Å²) in [6.45, 7) is 3.28. The molecule has 2 heterocycles. The van der Waals surface area contributed by atoms with Crippen molar-refractivity contribution < 1.29 is 4.52 Å². The molecule has 0 unspecified atom stereocenters. The molecule has 1 aromatic rings. The molecule has 1 atom stereocenters. The van der Waals surface area contributed by atoms with Crippen LogP contribution < -0.4 is 4.52 Å². The number of nitrogens with zero attached hydrogens (tertiary/aromatic N) is 4. The maximum absolute atomic E-state index is 6.19. The summed E-state index contributed by atoms with van der Waals surface area (Å²) in [5, 5.41) is 0. The van der Waals surface area contributed by atoms with Crippen LogP contribution in [0, 0.1) is 0 Å². The maximum atomic E-state index is 6.19. The van der Waals surface area contributed by atoms with E-state index in [1.165, 1.54) is 0 Å². The molecular weight excluding hydrogens is 415 g/mol. The van der Waals surface area contributed by atoms with E-state index < -0.39 is 19.4 Å². The number of benzene rings is 1. The first-order valence-electron chi connectivity index (χ1n) is 5.98. The van der Waals surface area contributed by atoms with Crippen LogP contribution in [-0.4, -0.2) is 11.2 Å². The van der Waals surface area contributed by atoms with Gasteiger partial charge in [0.25, 0.3) is 11.8 Å². The molecule has 0 saturated heterocycles. The smallest absolute Gasteiger partial charge is 0.333 e. The van der Waals surface area contributed by atoms with Crippen LogP contribution in [0.1, 0.15) is 12.5 Å². The monoisotopic (exact) mass is 424 g/mol. The second-order valence-corrected chi connectivity index (χ2v) is 16.8. The van der Waals surface area contributed by atoms with E-state index in [9.17, 15) is 0 Å². The van der Waals surface area contributed by atoms with Crippen LogP contribution in [0.25, 0.3) is 0 Å². The van der Waals surface area contributed by atoms with Crippen molar-refractivity contribution in [1.29, 1.82) is 0 Å². The largest absolute Gasteiger partial charge is 0.430 e. The molecule has 5 nitrogen and oxygen atoms in total. The number of para-hydroxylation sites is 1. The van der Waals surface area contributed by atoms with E-state index in [0.717, 1.165) is 5.56 Å². The maximum Gasteiger partial charge on any atom is 0.333 e. The van der Waals surface area contributed by atoms with Gasteiger partial charge in [-0.1, -0.05) is 25.1 Å². The molecule has 3 rings (SSSR count). The first-order chi connectivity index (χ1) is 9.75. The van der Waals surface area contributed by atoms with Gasteiger partial charge in [0.05, 0.1) is 0 Å². The van der Waals surface area contributed by atoms with E-state index in [1.807, 2.05) is 35.9 Å². The molecule has 0 N–H and O–H groups in total. The summed E-state index contributed by atoms with van der Waals surface area (Å²) < 4.78 is 20.9. The molecule has 1 spiro atoms. The van der Waals surface area contributed by atoms with E-state index >= 15 is 0 Å². The van der Waals surface area contributed by atoms with Gasteiger partial charge in [0.1, 0.15) is 5.75 Å². The molecule has 116 valence electrons. The van der Waals surface area contributed by atoms with E-state index in [-0.39, 0.29) is 0 Å². The Kier molecular flexibility index (Phi) is 4.55. The molecule has 0 aliphatic carbocycles. The Morgan fingerprint density at radius 3 is 2.43 bits per heavy atom. The molecule has 1 aromatic carbocycles. The molecule has 0 radical (unpaired) electrons. The molecular formula is C9H11Cl4N4OP3. The van der Waals surface area contributed by atoms with Crippen molar-refractivity contribution in [3.05, 3.63) is 29.8 Å². The van der Waals surface area contributed by atoms with Gasteiger partial charge in [0.2, 0.25) is 0 Å². The highest BCUT2D eigenvalue weighted by Crippen LogP contribution is 2.86. The zero-order valence-corrected chi connectivity index (χ0v) is 16.5. The van der Waals surface area contributed by atoms with Crippen molar-refractivity contribution in [2.75, 3.05) is 6.54 Å². The van der Waals surface area contributed by atoms with Crippen LogP contribution in [0.15, 0.2) is 37.8 Å². The third-order valence-electron chi connectivity index (χ3n) is 2.94. The van der Waals surface area contributed by atoms with E-state index in [4.69, 9.17) is 49.5 Å². The third-order valence-corrected chi connectivity index (χ3v) is 14.7. The minimum Gasteiger partial charge on any atom is -0.430 e. The van der Waals surface area contributed by atoms with Gasteiger partial charge < -0.3 is 4.52 Å². The fraction of sp³-hybridized carbons (Fsp3) is 0.333. The van der Waals surface area contributed by atoms with E-state index in [0.29, 0.717) is 18.8 Å². The number of halogens is 4. The highest BCUT2D eigenvalue weighted by molar-refractivity contribution is 8.20. The summed E-state index contributed by atoms with van der Waals surface area (Å²) in [6, 6.07) is 7.71. The third kappa shape index (κ3) is 3.37. The quantitative estimate of drug-likeness (QED) is 0.432. The lowest BCUT2D eigenvalue weighted by atomic mass is 10.2. The van der Waals surface area contributed by atoms with E-state index in [1.54, 1.807) is 0 Å². The fourth-order valence-electron chi connectivity index (χ4n) is 2.11. The highest BCUT2D eigenvalue weighted by Gasteiger charge is 2.42. The molecule has 2 aliphatic heterocycles. The van der Waals surface area contributed by atoms with Crippen LogP contribution >= 0.6 is 64.4 Å². The Bertz CT molecular complexity index is 748. The summed E-state index contributed by atoms with van der Waals surface area (Å²) in [5.41, 5.74) is 1.05. The van der Waals surface area contributed by atoms with Gasteiger partial charge in [0, 0.05) is 18.7 Å². The Labute approximate surface area is 142 Å². The number of fused-ring (bicyclic) bond motifs is 1. The summed E-state index contributed by atoms with van der Waals surface area (Å²) in [4.78, 5) is 0. The Morgan fingerprint density at radius 2 is 1.76 bits per heavy atom. The van der Waals surface area contributed by atoms with Crippen molar-refractivity contribution in [3.63, 3.8) is 0 Å². The van der Waals surface area contributed by atoms with Gasteiger partial charge >= 0.3 is 7.58 Å². The summed E-state index contributed by atoms with van der Waals surface area (Å²) in [6.07, 6.45) is 0. The molecule has 12 heteroatoms. The van der Waals surface area contributed by atoms with Crippen molar-refractivity contribution >= 4 is 64.4 Å². The molecule has 0 aromatic heterocycles. The molecule has 21 heavy (non-hydrogen) atoms. The lowest BCUT2D eigenvalue weighted by Gasteiger charge is -2.38. The SMILES string of the molecule is CCN1Cc2ccccc2O[P@@]12=NP(Cl)(Cl)=NP(Cl)(Cl)=N2. The predicted molar refractivity (Wildman–Crippen MR) is 94.6 cm³/mol. The van der Waals surface area contributed by atoms with Crippen molar-refractivity contribution in [2.45, 2.75) is 13.5 Å². The van der Waals surface area contributed by atoms with Gasteiger partial charge in [-0.05, 0) is 51.0 Å². The highest BCUT2D eigenvalue weighted by atomic mass is 35.9. The molecule has 2 aliphatic rings. The normalized spacial score (nSPS) is 29.6. The molecule has 0 amide bonds. The van der Waals surface area contributed by atoms with Crippen LogP contribution in [0.5, 0.6) is 5.75 Å². The molecule has 0 saturated carbocycles. The average molecular weight is 426 g/mol. The second kappa shape index (κ2) is 5.72. The number of hydrogen-bond donors (Lipinski definition) is 0.